The largest absolute Gasteiger partial charge is 0.366 e. The molecule has 3 rings (SSSR count). The van der Waals surface area contributed by atoms with E-state index in [-0.39, 0.29) is 11.8 Å². The number of amides is 2. The first kappa shape index (κ1) is 18.7. The zero-order valence-corrected chi connectivity index (χ0v) is 16.2. The lowest BCUT2D eigenvalue weighted by atomic mass is 9.91. The third-order valence-corrected chi connectivity index (χ3v) is 5.38. The first-order valence-corrected chi connectivity index (χ1v) is 9.93. The second-order valence-corrected chi connectivity index (χ2v) is 7.91. The molecule has 2 atom stereocenters. The maximum Gasteiger partial charge on any atom is 0.277 e. The molecule has 1 fully saturated rings. The first-order valence-electron chi connectivity index (χ1n) is 9.93. The van der Waals surface area contributed by atoms with Crippen molar-refractivity contribution in [3.8, 4) is 0 Å². The van der Waals surface area contributed by atoms with Crippen molar-refractivity contribution in [1.29, 1.82) is 0 Å². The molecule has 140 valence electrons. The van der Waals surface area contributed by atoms with E-state index in [1.165, 1.54) is 11.3 Å². The summed E-state index contributed by atoms with van der Waals surface area (Å²) < 4.78 is 0. The Hall–Kier alpha value is -2.10. The summed E-state index contributed by atoms with van der Waals surface area (Å²) in [5.41, 5.74) is 2.06. The Bertz CT molecular complexity index is 685. The molecular weight excluding hydrogens is 324 g/mol. The molecule has 0 N–H and O–H groups in total. The minimum atomic E-state index is -0.127. The Morgan fingerprint density at radius 2 is 1.62 bits per heavy atom. The minimum Gasteiger partial charge on any atom is -0.366 e. The Labute approximate surface area is 156 Å². The number of unbranched alkanes of at least 4 members (excludes halogenated alkanes) is 2. The third kappa shape index (κ3) is 3.69. The van der Waals surface area contributed by atoms with Gasteiger partial charge in [0.15, 0.2) is 0 Å². The highest BCUT2D eigenvalue weighted by molar-refractivity contribution is 6.35. The van der Waals surface area contributed by atoms with Crippen molar-refractivity contribution in [1.82, 2.24) is 9.80 Å². The van der Waals surface area contributed by atoms with E-state index in [4.69, 9.17) is 0 Å². The fourth-order valence-electron chi connectivity index (χ4n) is 4.29. The summed E-state index contributed by atoms with van der Waals surface area (Å²) in [6.07, 6.45) is 4.15. The number of hydrogen-bond donors (Lipinski definition) is 0. The summed E-state index contributed by atoms with van der Waals surface area (Å²) in [6, 6.07) is 9.67. The number of carbonyl (C=O) groups excluding carboxylic acids is 2. The summed E-state index contributed by atoms with van der Waals surface area (Å²) >= 11 is 0. The van der Waals surface area contributed by atoms with Gasteiger partial charge in [-0.15, -0.1) is 0 Å². The molecule has 1 aromatic carbocycles. The fraction of sp³-hybridized carbons (Fsp3) is 0.545. The predicted octanol–water partition coefficient (Wildman–Crippen LogP) is 3.93. The van der Waals surface area contributed by atoms with E-state index in [0.29, 0.717) is 29.7 Å². The second-order valence-electron chi connectivity index (χ2n) is 7.91. The molecule has 0 aromatic heterocycles. The van der Waals surface area contributed by atoms with Crippen LogP contribution in [0.5, 0.6) is 0 Å². The van der Waals surface area contributed by atoms with E-state index in [1.54, 1.807) is 0 Å². The van der Waals surface area contributed by atoms with Gasteiger partial charge in [0.25, 0.3) is 11.8 Å². The molecule has 1 saturated heterocycles. The molecule has 0 saturated carbocycles. The number of imide groups is 1. The smallest absolute Gasteiger partial charge is 0.277 e. The fourth-order valence-corrected chi connectivity index (χ4v) is 4.29. The van der Waals surface area contributed by atoms with E-state index in [0.717, 1.165) is 37.9 Å². The van der Waals surface area contributed by atoms with Crippen LogP contribution < -0.4 is 0 Å². The quantitative estimate of drug-likeness (QED) is 0.574. The van der Waals surface area contributed by atoms with Gasteiger partial charge >= 0.3 is 0 Å². The van der Waals surface area contributed by atoms with Crippen molar-refractivity contribution in [3.05, 3.63) is 41.6 Å². The lowest BCUT2D eigenvalue weighted by molar-refractivity contribution is -0.137. The van der Waals surface area contributed by atoms with Crippen molar-refractivity contribution in [3.63, 3.8) is 0 Å². The monoisotopic (exact) mass is 354 g/mol. The van der Waals surface area contributed by atoms with Gasteiger partial charge in [-0.05, 0) is 30.2 Å². The van der Waals surface area contributed by atoms with Crippen LogP contribution in [0.4, 0.5) is 0 Å². The number of hydrogen-bond acceptors (Lipinski definition) is 3. The molecular formula is C22H30N2O2. The van der Waals surface area contributed by atoms with Crippen LogP contribution in [-0.2, 0) is 9.59 Å². The maximum atomic E-state index is 13.2. The van der Waals surface area contributed by atoms with Crippen LogP contribution in [0.1, 0.15) is 52.0 Å². The molecule has 1 aromatic rings. The van der Waals surface area contributed by atoms with Crippen LogP contribution >= 0.6 is 0 Å². The summed E-state index contributed by atoms with van der Waals surface area (Å²) in [6.45, 7) is 8.79. The van der Waals surface area contributed by atoms with Gasteiger partial charge in [-0.1, -0.05) is 63.9 Å². The van der Waals surface area contributed by atoms with Crippen molar-refractivity contribution in [2.24, 2.45) is 11.8 Å². The van der Waals surface area contributed by atoms with Gasteiger partial charge in [0.2, 0.25) is 0 Å². The Kier molecular flexibility index (Phi) is 5.80. The summed E-state index contributed by atoms with van der Waals surface area (Å²) in [7, 11) is 0. The minimum absolute atomic E-state index is 0.105. The Morgan fingerprint density at radius 3 is 2.23 bits per heavy atom. The molecule has 2 amide bonds. The van der Waals surface area contributed by atoms with E-state index in [9.17, 15) is 9.59 Å². The predicted molar refractivity (Wildman–Crippen MR) is 104 cm³/mol. The van der Waals surface area contributed by atoms with Gasteiger partial charge in [-0.3, -0.25) is 14.5 Å². The van der Waals surface area contributed by atoms with E-state index < -0.39 is 0 Å². The number of carbonyl (C=O) groups is 2. The van der Waals surface area contributed by atoms with Gasteiger partial charge in [-0.25, -0.2) is 0 Å². The molecule has 2 aliphatic heterocycles. The Morgan fingerprint density at radius 1 is 0.962 bits per heavy atom. The van der Waals surface area contributed by atoms with Crippen molar-refractivity contribution < 1.29 is 9.59 Å². The molecule has 2 aliphatic rings. The topological polar surface area (TPSA) is 40.6 Å². The van der Waals surface area contributed by atoms with Gasteiger partial charge < -0.3 is 4.90 Å². The molecule has 0 spiro atoms. The third-order valence-electron chi connectivity index (χ3n) is 5.38. The van der Waals surface area contributed by atoms with Crippen molar-refractivity contribution in [2.45, 2.75) is 46.5 Å². The Balaban J connectivity index is 1.97. The van der Waals surface area contributed by atoms with Crippen molar-refractivity contribution >= 4 is 17.4 Å². The highest BCUT2D eigenvalue weighted by atomic mass is 16.2. The van der Waals surface area contributed by atoms with E-state index >= 15 is 0 Å². The number of rotatable bonds is 6. The number of nitrogens with zero attached hydrogens (tertiary/aromatic N) is 2. The summed E-state index contributed by atoms with van der Waals surface area (Å²) in [4.78, 5) is 30.0. The standard InChI is InChI=1S/C22H30N2O2/c1-4-5-9-12-24-21(25)19(18-10-7-6-8-11-18)20(22(24)26)23-14-16(2)13-17(3)15-23/h6-8,10-11,16-17H,4-5,9,12-15H2,1-3H3. The van der Waals surface area contributed by atoms with Crippen LogP contribution in [0, 0.1) is 11.8 Å². The van der Waals surface area contributed by atoms with Gasteiger partial charge in [0, 0.05) is 19.6 Å². The maximum absolute atomic E-state index is 13.2. The van der Waals surface area contributed by atoms with Crippen LogP contribution in [-0.4, -0.2) is 41.2 Å². The average molecular weight is 354 g/mol. The molecule has 0 radical (unpaired) electrons. The second kappa shape index (κ2) is 8.07. The molecule has 2 unspecified atom stereocenters. The number of piperidine rings is 1. The molecule has 4 heteroatoms. The SMILES string of the molecule is CCCCCN1C(=O)C(c2ccccc2)=C(N2CC(C)CC(C)C2)C1=O. The summed E-state index contributed by atoms with van der Waals surface area (Å²) in [5.74, 6) is 0.824. The lowest BCUT2D eigenvalue weighted by Crippen LogP contribution is -2.42. The van der Waals surface area contributed by atoms with E-state index in [2.05, 4.69) is 25.7 Å². The van der Waals surface area contributed by atoms with Gasteiger partial charge in [0.05, 0.1) is 5.57 Å². The van der Waals surface area contributed by atoms with Crippen LogP contribution in [0.25, 0.3) is 5.57 Å². The number of likely N-dealkylation sites (tertiary alicyclic amines) is 1. The highest BCUT2D eigenvalue weighted by Gasteiger charge is 2.42. The van der Waals surface area contributed by atoms with Crippen LogP contribution in [0.2, 0.25) is 0 Å². The van der Waals surface area contributed by atoms with E-state index in [1.807, 2.05) is 30.3 Å². The molecule has 4 nitrogen and oxygen atoms in total. The highest BCUT2D eigenvalue weighted by Crippen LogP contribution is 2.35. The molecule has 0 bridgehead atoms. The van der Waals surface area contributed by atoms with Crippen LogP contribution in [0.3, 0.4) is 0 Å². The van der Waals surface area contributed by atoms with Crippen molar-refractivity contribution in [2.75, 3.05) is 19.6 Å². The zero-order chi connectivity index (χ0) is 18.7. The summed E-state index contributed by atoms with van der Waals surface area (Å²) in [5, 5.41) is 0. The number of benzene rings is 1. The average Bonchev–Trinajstić information content (AvgIpc) is 2.86. The molecule has 0 aliphatic carbocycles. The van der Waals surface area contributed by atoms with Gasteiger partial charge in [0.1, 0.15) is 5.70 Å². The molecule has 2 heterocycles. The zero-order valence-electron chi connectivity index (χ0n) is 16.2. The molecule has 26 heavy (non-hydrogen) atoms. The van der Waals surface area contributed by atoms with Crippen LogP contribution in [0.15, 0.2) is 36.0 Å². The first-order chi connectivity index (χ1) is 12.5. The van der Waals surface area contributed by atoms with Gasteiger partial charge in [-0.2, -0.15) is 0 Å². The lowest BCUT2D eigenvalue weighted by Gasteiger charge is -2.37. The normalized spacial score (nSPS) is 24.0.